The van der Waals surface area contributed by atoms with E-state index in [-0.39, 0.29) is 29.2 Å². The lowest BCUT2D eigenvalue weighted by Crippen LogP contribution is -2.48. The summed E-state index contributed by atoms with van der Waals surface area (Å²) in [6.07, 6.45) is 0.967. The van der Waals surface area contributed by atoms with Crippen molar-refractivity contribution in [1.29, 1.82) is 5.26 Å². The van der Waals surface area contributed by atoms with Crippen molar-refractivity contribution in [2.75, 3.05) is 13.1 Å². The Morgan fingerprint density at radius 1 is 1.35 bits per heavy atom. The van der Waals surface area contributed by atoms with Gasteiger partial charge in [0.1, 0.15) is 11.6 Å². The van der Waals surface area contributed by atoms with Gasteiger partial charge in [-0.2, -0.15) is 5.26 Å². The summed E-state index contributed by atoms with van der Waals surface area (Å²) >= 11 is 0. The number of amides is 1. The number of ether oxygens (including phenoxy) is 1. The van der Waals surface area contributed by atoms with E-state index in [1.54, 1.807) is 13.8 Å². The van der Waals surface area contributed by atoms with Gasteiger partial charge in [0.25, 0.3) is 5.56 Å². The first-order valence-corrected chi connectivity index (χ1v) is 7.89. The van der Waals surface area contributed by atoms with E-state index >= 15 is 0 Å². The van der Waals surface area contributed by atoms with Gasteiger partial charge in [0, 0.05) is 25.2 Å². The molecule has 1 saturated heterocycles. The average molecular weight is 317 g/mol. The molecule has 1 aliphatic rings. The van der Waals surface area contributed by atoms with Crippen LogP contribution in [0, 0.1) is 25.2 Å². The first-order valence-electron chi connectivity index (χ1n) is 7.89. The van der Waals surface area contributed by atoms with Crippen molar-refractivity contribution in [3.8, 4) is 6.07 Å². The molecule has 0 spiro atoms. The zero-order valence-corrected chi connectivity index (χ0v) is 14.1. The number of rotatable bonds is 3. The van der Waals surface area contributed by atoms with E-state index in [0.29, 0.717) is 31.5 Å². The van der Waals surface area contributed by atoms with Crippen LogP contribution in [0.1, 0.15) is 42.7 Å². The van der Waals surface area contributed by atoms with Gasteiger partial charge in [0.2, 0.25) is 5.91 Å². The number of nitrogens with one attached hydrogen (secondary N) is 1. The van der Waals surface area contributed by atoms with Crippen LogP contribution in [0.2, 0.25) is 0 Å². The average Bonchev–Trinajstić information content (AvgIpc) is 2.45. The Balaban J connectivity index is 2.11. The Hall–Kier alpha value is -2.13. The highest BCUT2D eigenvalue weighted by Gasteiger charge is 2.25. The Bertz CT molecular complexity index is 692. The molecule has 2 atom stereocenters. The molecule has 23 heavy (non-hydrogen) atoms. The van der Waals surface area contributed by atoms with Gasteiger partial charge in [-0.05, 0) is 45.2 Å². The Morgan fingerprint density at radius 2 is 1.96 bits per heavy atom. The van der Waals surface area contributed by atoms with Crippen molar-refractivity contribution in [2.45, 2.75) is 52.7 Å². The van der Waals surface area contributed by atoms with Gasteiger partial charge in [-0.15, -0.1) is 0 Å². The third kappa shape index (κ3) is 3.80. The number of aryl methyl sites for hydroxylation is 1. The van der Waals surface area contributed by atoms with Crippen LogP contribution >= 0.6 is 0 Å². The van der Waals surface area contributed by atoms with Crippen LogP contribution in [0.4, 0.5) is 0 Å². The van der Waals surface area contributed by atoms with E-state index in [0.717, 1.165) is 11.3 Å². The topological polar surface area (TPSA) is 86.2 Å². The summed E-state index contributed by atoms with van der Waals surface area (Å²) < 4.78 is 5.64. The van der Waals surface area contributed by atoms with Crippen molar-refractivity contribution in [1.82, 2.24) is 9.88 Å². The zero-order chi connectivity index (χ0) is 17.1. The number of aromatic amines is 1. The van der Waals surface area contributed by atoms with E-state index in [1.165, 1.54) is 0 Å². The van der Waals surface area contributed by atoms with Gasteiger partial charge < -0.3 is 14.6 Å². The molecule has 0 aliphatic carbocycles. The van der Waals surface area contributed by atoms with Crippen LogP contribution in [-0.4, -0.2) is 41.1 Å². The minimum atomic E-state index is -0.367. The molecular formula is C17H23N3O3. The summed E-state index contributed by atoms with van der Waals surface area (Å²) in [5.41, 5.74) is 2.04. The Kier molecular flexibility index (Phi) is 5.22. The van der Waals surface area contributed by atoms with Crippen molar-refractivity contribution >= 4 is 5.91 Å². The van der Waals surface area contributed by atoms with Crippen molar-refractivity contribution in [3.63, 3.8) is 0 Å². The smallest absolute Gasteiger partial charge is 0.266 e. The molecule has 2 rings (SSSR count). The van der Waals surface area contributed by atoms with Crippen molar-refractivity contribution in [2.24, 2.45) is 0 Å². The van der Waals surface area contributed by atoms with Crippen LogP contribution in [0.15, 0.2) is 4.79 Å². The first-order chi connectivity index (χ1) is 10.8. The maximum atomic E-state index is 12.4. The molecule has 1 fully saturated rings. The van der Waals surface area contributed by atoms with E-state index < -0.39 is 0 Å². The molecule has 0 radical (unpaired) electrons. The van der Waals surface area contributed by atoms with E-state index in [9.17, 15) is 9.59 Å². The fourth-order valence-corrected chi connectivity index (χ4v) is 3.19. The molecule has 124 valence electrons. The van der Waals surface area contributed by atoms with Gasteiger partial charge >= 0.3 is 0 Å². The highest BCUT2D eigenvalue weighted by molar-refractivity contribution is 5.76. The molecule has 0 bridgehead atoms. The maximum absolute atomic E-state index is 12.4. The Labute approximate surface area is 136 Å². The maximum Gasteiger partial charge on any atom is 0.266 e. The first kappa shape index (κ1) is 17.2. The summed E-state index contributed by atoms with van der Waals surface area (Å²) in [6, 6.07) is 1.94. The molecule has 1 aliphatic heterocycles. The normalized spacial score (nSPS) is 21.1. The van der Waals surface area contributed by atoms with Crippen LogP contribution in [0.5, 0.6) is 0 Å². The van der Waals surface area contributed by atoms with Crippen LogP contribution in [-0.2, 0) is 16.0 Å². The highest BCUT2D eigenvalue weighted by Crippen LogP contribution is 2.17. The second kappa shape index (κ2) is 6.97. The van der Waals surface area contributed by atoms with Gasteiger partial charge in [-0.25, -0.2) is 0 Å². The quantitative estimate of drug-likeness (QED) is 0.914. The third-order valence-electron chi connectivity index (χ3n) is 4.28. The zero-order valence-electron chi connectivity index (χ0n) is 14.1. The largest absolute Gasteiger partial charge is 0.372 e. The molecule has 6 heteroatoms. The van der Waals surface area contributed by atoms with Crippen molar-refractivity contribution < 1.29 is 9.53 Å². The number of hydrogen-bond acceptors (Lipinski definition) is 4. The molecule has 1 aromatic heterocycles. The Morgan fingerprint density at radius 3 is 2.52 bits per heavy atom. The number of H-pyrrole nitrogens is 1. The summed E-state index contributed by atoms with van der Waals surface area (Å²) in [4.78, 5) is 28.7. The molecular weight excluding hydrogens is 294 g/mol. The molecule has 2 heterocycles. The summed E-state index contributed by atoms with van der Waals surface area (Å²) in [5.74, 6) is 0.0792. The van der Waals surface area contributed by atoms with Crippen LogP contribution in [0.25, 0.3) is 0 Å². The minimum absolute atomic E-state index is 0.0458. The predicted molar refractivity (Wildman–Crippen MR) is 86.2 cm³/mol. The summed E-state index contributed by atoms with van der Waals surface area (Å²) in [7, 11) is 0. The number of morpholine rings is 1. The number of hydrogen-bond donors (Lipinski definition) is 1. The summed E-state index contributed by atoms with van der Waals surface area (Å²) in [5, 5.41) is 9.10. The second-order valence-corrected chi connectivity index (χ2v) is 6.23. The van der Waals surface area contributed by atoms with Crippen LogP contribution in [0.3, 0.4) is 0 Å². The highest BCUT2D eigenvalue weighted by atomic mass is 16.5. The number of nitrogens with zero attached hydrogens (tertiary/aromatic N) is 2. The number of nitriles is 1. The molecule has 1 aromatic rings. The fraction of sp³-hybridized carbons (Fsp3) is 0.588. The molecule has 0 saturated carbocycles. The van der Waals surface area contributed by atoms with Gasteiger partial charge in [-0.3, -0.25) is 9.59 Å². The second-order valence-electron chi connectivity index (χ2n) is 6.23. The fourth-order valence-electron chi connectivity index (χ4n) is 3.19. The number of aromatic nitrogens is 1. The molecule has 2 unspecified atom stereocenters. The number of pyridine rings is 1. The van der Waals surface area contributed by atoms with Gasteiger partial charge in [-0.1, -0.05) is 0 Å². The SMILES string of the molecule is Cc1[nH]c(=O)c(C#N)c(C)c1CCC(=O)N1CC(C)OC(C)C1. The molecule has 1 N–H and O–H groups in total. The van der Waals surface area contributed by atoms with E-state index in [4.69, 9.17) is 10.00 Å². The van der Waals surface area contributed by atoms with E-state index in [2.05, 4.69) is 4.98 Å². The van der Waals surface area contributed by atoms with Gasteiger partial charge in [0.05, 0.1) is 12.2 Å². The van der Waals surface area contributed by atoms with E-state index in [1.807, 2.05) is 24.8 Å². The standard InChI is InChI=1S/C17H23N3O3/c1-10-8-20(9-11(2)23-10)16(21)6-5-14-12(3)15(7-18)17(22)19-13(14)4/h10-11H,5-6,8-9H2,1-4H3,(H,19,22). The minimum Gasteiger partial charge on any atom is -0.372 e. The lowest BCUT2D eigenvalue weighted by molar-refractivity contribution is -0.143. The summed E-state index contributed by atoms with van der Waals surface area (Å²) in [6.45, 7) is 8.71. The molecule has 0 aromatic carbocycles. The number of carbonyl (C=O) groups excluding carboxylic acids is 1. The molecule has 6 nitrogen and oxygen atoms in total. The molecule has 1 amide bonds. The lowest BCUT2D eigenvalue weighted by atomic mass is 9.98. The van der Waals surface area contributed by atoms with Crippen molar-refractivity contribution in [3.05, 3.63) is 32.7 Å². The van der Waals surface area contributed by atoms with Crippen LogP contribution < -0.4 is 5.56 Å². The lowest BCUT2D eigenvalue weighted by Gasteiger charge is -2.35. The predicted octanol–water partition coefficient (Wildman–Crippen LogP) is 1.43. The number of carbonyl (C=O) groups is 1. The van der Waals surface area contributed by atoms with Gasteiger partial charge in [0.15, 0.2) is 0 Å². The third-order valence-corrected chi connectivity index (χ3v) is 4.28. The monoisotopic (exact) mass is 317 g/mol.